The Morgan fingerprint density at radius 3 is 1.97 bits per heavy atom. The SMILES string of the molecule is Cc1cc(C)cc(Oc2c(C(C)C)c(=O)[nH]c(=O)n2Cc2c3ccccc3cc3ccccc23)c1. The van der Waals surface area contributed by atoms with E-state index in [9.17, 15) is 9.59 Å². The number of aryl methyl sites for hydroxylation is 2. The van der Waals surface area contributed by atoms with Gasteiger partial charge in [0.25, 0.3) is 5.56 Å². The lowest BCUT2D eigenvalue weighted by atomic mass is 9.96. The van der Waals surface area contributed by atoms with E-state index in [1.165, 1.54) is 0 Å². The summed E-state index contributed by atoms with van der Waals surface area (Å²) in [6, 6.07) is 24.4. The Morgan fingerprint density at radius 2 is 1.40 bits per heavy atom. The van der Waals surface area contributed by atoms with Gasteiger partial charge >= 0.3 is 5.69 Å². The van der Waals surface area contributed by atoms with Gasteiger partial charge in [-0.05, 0) is 76.2 Å². The zero-order valence-corrected chi connectivity index (χ0v) is 20.4. The van der Waals surface area contributed by atoms with Crippen molar-refractivity contribution in [3.8, 4) is 11.6 Å². The van der Waals surface area contributed by atoms with E-state index in [4.69, 9.17) is 4.74 Å². The van der Waals surface area contributed by atoms with Crippen molar-refractivity contribution < 1.29 is 4.74 Å². The van der Waals surface area contributed by atoms with Crippen molar-refractivity contribution in [2.75, 3.05) is 0 Å². The largest absolute Gasteiger partial charge is 0.440 e. The minimum absolute atomic E-state index is 0.143. The molecule has 0 radical (unpaired) electrons. The summed E-state index contributed by atoms with van der Waals surface area (Å²) in [5.74, 6) is 0.748. The number of nitrogens with one attached hydrogen (secondary N) is 1. The number of benzene rings is 4. The molecular formula is C30H28N2O3. The van der Waals surface area contributed by atoms with Crippen LogP contribution in [0.5, 0.6) is 11.6 Å². The zero-order valence-electron chi connectivity index (χ0n) is 20.4. The number of aromatic nitrogens is 2. The Bertz CT molecular complexity index is 1620. The number of H-pyrrole nitrogens is 1. The van der Waals surface area contributed by atoms with Gasteiger partial charge in [0, 0.05) is 0 Å². The quantitative estimate of drug-likeness (QED) is 0.305. The van der Waals surface area contributed by atoms with Gasteiger partial charge in [0.2, 0.25) is 5.88 Å². The maximum absolute atomic E-state index is 13.3. The molecule has 0 aliphatic rings. The number of rotatable bonds is 5. The first-order chi connectivity index (χ1) is 16.8. The van der Waals surface area contributed by atoms with Gasteiger partial charge in [-0.3, -0.25) is 14.3 Å². The second-order valence-electron chi connectivity index (χ2n) is 9.44. The van der Waals surface area contributed by atoms with Crippen molar-refractivity contribution in [1.82, 2.24) is 9.55 Å². The average molecular weight is 465 g/mol. The number of aromatic amines is 1. The summed E-state index contributed by atoms with van der Waals surface area (Å²) in [6.07, 6.45) is 0. The summed E-state index contributed by atoms with van der Waals surface area (Å²) in [5.41, 5.74) is 2.65. The van der Waals surface area contributed by atoms with Gasteiger partial charge < -0.3 is 4.74 Å². The molecule has 35 heavy (non-hydrogen) atoms. The Balaban J connectivity index is 1.78. The molecule has 4 aromatic carbocycles. The molecule has 0 unspecified atom stereocenters. The topological polar surface area (TPSA) is 64.1 Å². The van der Waals surface area contributed by atoms with E-state index in [1.807, 2.05) is 64.1 Å². The van der Waals surface area contributed by atoms with Gasteiger partial charge in [-0.1, -0.05) is 68.4 Å². The first-order valence-electron chi connectivity index (χ1n) is 11.8. The minimum Gasteiger partial charge on any atom is -0.440 e. The molecular weight excluding hydrogens is 436 g/mol. The molecule has 0 saturated carbocycles. The highest BCUT2D eigenvalue weighted by molar-refractivity contribution is 6.02. The fourth-order valence-corrected chi connectivity index (χ4v) is 4.87. The van der Waals surface area contributed by atoms with Crippen LogP contribution < -0.4 is 16.0 Å². The normalized spacial score (nSPS) is 11.5. The van der Waals surface area contributed by atoms with Crippen LogP contribution in [0.4, 0.5) is 0 Å². The van der Waals surface area contributed by atoms with Gasteiger partial charge in [-0.2, -0.15) is 0 Å². The van der Waals surface area contributed by atoms with E-state index in [1.54, 1.807) is 4.57 Å². The first kappa shape index (κ1) is 22.7. The Labute approximate surface area is 203 Å². The monoisotopic (exact) mass is 464 g/mol. The molecule has 0 saturated heterocycles. The predicted molar refractivity (Wildman–Crippen MR) is 142 cm³/mol. The molecule has 176 valence electrons. The van der Waals surface area contributed by atoms with Crippen LogP contribution in [-0.2, 0) is 6.54 Å². The number of hydrogen-bond donors (Lipinski definition) is 1. The third-order valence-electron chi connectivity index (χ3n) is 6.37. The van der Waals surface area contributed by atoms with Crippen LogP contribution >= 0.6 is 0 Å². The fourth-order valence-electron chi connectivity index (χ4n) is 4.87. The Morgan fingerprint density at radius 1 is 0.829 bits per heavy atom. The summed E-state index contributed by atoms with van der Waals surface area (Å²) in [7, 11) is 0. The highest BCUT2D eigenvalue weighted by Crippen LogP contribution is 2.32. The van der Waals surface area contributed by atoms with Gasteiger partial charge in [-0.15, -0.1) is 0 Å². The summed E-state index contributed by atoms with van der Waals surface area (Å²) in [4.78, 5) is 28.7. The van der Waals surface area contributed by atoms with E-state index in [-0.39, 0.29) is 18.3 Å². The maximum Gasteiger partial charge on any atom is 0.331 e. The van der Waals surface area contributed by atoms with Crippen LogP contribution in [-0.4, -0.2) is 9.55 Å². The molecule has 0 atom stereocenters. The molecule has 0 fully saturated rings. The highest BCUT2D eigenvalue weighted by atomic mass is 16.5. The van der Waals surface area contributed by atoms with E-state index in [0.717, 1.165) is 38.2 Å². The third kappa shape index (κ3) is 4.26. The molecule has 1 aromatic heterocycles. The molecule has 0 aliphatic carbocycles. The van der Waals surface area contributed by atoms with Crippen molar-refractivity contribution >= 4 is 21.5 Å². The lowest BCUT2D eigenvalue weighted by molar-refractivity contribution is 0.410. The van der Waals surface area contributed by atoms with Crippen molar-refractivity contribution in [2.45, 2.75) is 40.2 Å². The molecule has 1 heterocycles. The predicted octanol–water partition coefficient (Wildman–Crippen LogP) is 6.42. The highest BCUT2D eigenvalue weighted by Gasteiger charge is 2.21. The molecule has 0 amide bonds. The maximum atomic E-state index is 13.3. The number of fused-ring (bicyclic) bond motifs is 2. The minimum atomic E-state index is -0.490. The van der Waals surface area contributed by atoms with E-state index < -0.39 is 11.2 Å². The third-order valence-corrected chi connectivity index (χ3v) is 6.37. The summed E-state index contributed by atoms with van der Waals surface area (Å²) >= 11 is 0. The Kier molecular flexibility index (Phi) is 5.77. The molecule has 0 spiro atoms. The number of nitrogens with zero attached hydrogens (tertiary/aromatic N) is 1. The first-order valence-corrected chi connectivity index (χ1v) is 11.8. The lowest BCUT2D eigenvalue weighted by Crippen LogP contribution is -2.34. The van der Waals surface area contributed by atoms with Gasteiger partial charge in [0.05, 0.1) is 12.1 Å². The van der Waals surface area contributed by atoms with E-state index in [0.29, 0.717) is 11.3 Å². The molecule has 1 N–H and O–H groups in total. The fraction of sp³-hybridized carbons (Fsp3) is 0.200. The second kappa shape index (κ2) is 8.91. The molecule has 0 aliphatic heterocycles. The van der Waals surface area contributed by atoms with E-state index in [2.05, 4.69) is 41.4 Å². The van der Waals surface area contributed by atoms with Gasteiger partial charge in [0.15, 0.2) is 0 Å². The van der Waals surface area contributed by atoms with Crippen molar-refractivity contribution in [3.63, 3.8) is 0 Å². The molecule has 5 aromatic rings. The van der Waals surface area contributed by atoms with Gasteiger partial charge in [0.1, 0.15) is 5.75 Å². The summed E-state index contributed by atoms with van der Waals surface area (Å²) in [6.45, 7) is 8.12. The smallest absolute Gasteiger partial charge is 0.331 e. The molecule has 0 bridgehead atoms. The van der Waals surface area contributed by atoms with Crippen LogP contribution in [0.2, 0.25) is 0 Å². The van der Waals surface area contributed by atoms with Crippen LogP contribution in [0.25, 0.3) is 21.5 Å². The van der Waals surface area contributed by atoms with Crippen molar-refractivity contribution in [3.05, 3.63) is 116 Å². The van der Waals surface area contributed by atoms with Crippen molar-refractivity contribution in [2.24, 2.45) is 0 Å². The van der Waals surface area contributed by atoms with Crippen LogP contribution in [0.3, 0.4) is 0 Å². The average Bonchev–Trinajstić information content (AvgIpc) is 2.80. The van der Waals surface area contributed by atoms with Crippen LogP contribution in [0.1, 0.15) is 42.0 Å². The lowest BCUT2D eigenvalue weighted by Gasteiger charge is -2.20. The summed E-state index contributed by atoms with van der Waals surface area (Å²) < 4.78 is 7.92. The number of ether oxygens (including phenoxy) is 1. The second-order valence-corrected chi connectivity index (χ2v) is 9.44. The zero-order chi connectivity index (χ0) is 24.7. The van der Waals surface area contributed by atoms with E-state index >= 15 is 0 Å². The Hall–Kier alpha value is -4.12. The van der Waals surface area contributed by atoms with Crippen molar-refractivity contribution in [1.29, 1.82) is 0 Å². The molecule has 5 rings (SSSR count). The van der Waals surface area contributed by atoms with Gasteiger partial charge in [-0.25, -0.2) is 4.79 Å². The number of hydrogen-bond acceptors (Lipinski definition) is 3. The molecule has 5 nitrogen and oxygen atoms in total. The van der Waals surface area contributed by atoms with Crippen LogP contribution in [0.15, 0.2) is 82.4 Å². The summed E-state index contributed by atoms with van der Waals surface area (Å²) in [5, 5.41) is 4.32. The molecule has 5 heteroatoms. The van der Waals surface area contributed by atoms with Crippen LogP contribution in [0, 0.1) is 13.8 Å². The standard InChI is InChI=1S/C30H28N2O3/c1-18(2)27-28(33)31-30(34)32(29(27)35-23-14-19(3)13-20(4)15-23)17-26-24-11-7-5-9-21(24)16-22-10-6-8-12-25(22)26/h5-16,18H,17H2,1-4H3,(H,31,33,34).